The fourth-order valence-corrected chi connectivity index (χ4v) is 6.11. The molecule has 0 radical (unpaired) electrons. The summed E-state index contributed by atoms with van der Waals surface area (Å²) >= 11 is 0. The van der Waals surface area contributed by atoms with Crippen LogP contribution in [0.2, 0.25) is 0 Å². The number of rotatable bonds is 6. The minimum absolute atomic E-state index is 0. The van der Waals surface area contributed by atoms with Crippen molar-refractivity contribution in [1.82, 2.24) is 14.9 Å². The van der Waals surface area contributed by atoms with E-state index in [2.05, 4.69) is 19.9 Å². The van der Waals surface area contributed by atoms with E-state index in [9.17, 15) is 8.42 Å². The minimum Gasteiger partial charge on any atom is -0.377 e. The van der Waals surface area contributed by atoms with E-state index in [1.807, 2.05) is 19.2 Å². The van der Waals surface area contributed by atoms with Gasteiger partial charge < -0.3 is 15.0 Å². The number of hydrogen-bond donors (Lipinski definition) is 2. The predicted octanol–water partition coefficient (Wildman–Crippen LogP) is 3.10. The largest absolute Gasteiger partial charge is 0.377 e. The van der Waals surface area contributed by atoms with Crippen LogP contribution in [0, 0.1) is 5.41 Å². The molecule has 1 spiro atoms. The number of hydrogen-bond acceptors (Lipinski definition) is 4. The normalized spacial score (nSPS) is 23.3. The fraction of sp³-hybridized carbons (Fsp3) is 0.682. The van der Waals surface area contributed by atoms with Gasteiger partial charge >= 0.3 is 0 Å². The number of sulfonamides is 1. The van der Waals surface area contributed by atoms with Crippen LogP contribution in [-0.4, -0.2) is 58.7 Å². The molecule has 174 valence electrons. The van der Waals surface area contributed by atoms with Gasteiger partial charge in [0.05, 0.1) is 11.0 Å². The number of likely N-dealkylation sites (tertiary alicyclic amines) is 1. The number of guanidine groups is 1. The summed E-state index contributed by atoms with van der Waals surface area (Å²) in [7, 11) is -1.68. The molecule has 1 unspecified atom stereocenters. The zero-order chi connectivity index (χ0) is 21.0. The van der Waals surface area contributed by atoms with Crippen molar-refractivity contribution in [2.45, 2.75) is 62.5 Å². The van der Waals surface area contributed by atoms with Crippen LogP contribution >= 0.6 is 24.0 Å². The van der Waals surface area contributed by atoms with E-state index in [0.717, 1.165) is 44.1 Å². The van der Waals surface area contributed by atoms with Gasteiger partial charge in [-0.2, -0.15) is 0 Å². The first-order chi connectivity index (χ1) is 14.5. The third kappa shape index (κ3) is 6.11. The van der Waals surface area contributed by atoms with Gasteiger partial charge in [-0.05, 0) is 55.2 Å². The summed E-state index contributed by atoms with van der Waals surface area (Å²) in [5, 5.41) is 3.45. The third-order valence-electron chi connectivity index (χ3n) is 6.82. The number of aliphatic imine (C=N–C) groups is 1. The van der Waals surface area contributed by atoms with Crippen LogP contribution in [0.3, 0.4) is 0 Å². The van der Waals surface area contributed by atoms with Gasteiger partial charge in [0.15, 0.2) is 5.96 Å². The molecule has 0 amide bonds. The van der Waals surface area contributed by atoms with Crippen molar-refractivity contribution in [3.8, 4) is 0 Å². The van der Waals surface area contributed by atoms with E-state index < -0.39 is 10.0 Å². The molecule has 0 bridgehead atoms. The van der Waals surface area contributed by atoms with Crippen molar-refractivity contribution in [1.29, 1.82) is 0 Å². The Morgan fingerprint density at radius 2 is 1.94 bits per heavy atom. The number of nitrogens with zero attached hydrogens (tertiary/aromatic N) is 2. The van der Waals surface area contributed by atoms with E-state index in [0.29, 0.717) is 18.5 Å². The van der Waals surface area contributed by atoms with E-state index in [4.69, 9.17) is 4.74 Å². The molecule has 2 N–H and O–H groups in total. The molecule has 2 heterocycles. The van der Waals surface area contributed by atoms with Crippen LogP contribution in [-0.2, 0) is 21.3 Å². The zero-order valence-corrected chi connectivity index (χ0v) is 21.5. The molecule has 3 fully saturated rings. The van der Waals surface area contributed by atoms with E-state index in [-0.39, 0.29) is 35.0 Å². The van der Waals surface area contributed by atoms with Gasteiger partial charge in [0.25, 0.3) is 0 Å². The third-order valence-corrected chi connectivity index (χ3v) is 8.26. The lowest BCUT2D eigenvalue weighted by molar-refractivity contribution is 0.114. The van der Waals surface area contributed by atoms with E-state index >= 15 is 0 Å². The average molecular weight is 563 g/mol. The van der Waals surface area contributed by atoms with Crippen LogP contribution in [0.15, 0.2) is 34.2 Å². The molecule has 1 aromatic carbocycles. The Hall–Kier alpha value is -0.910. The molecule has 7 nitrogen and oxygen atoms in total. The number of nitrogens with one attached hydrogen (secondary N) is 2. The molecule has 3 aliphatic rings. The van der Waals surface area contributed by atoms with Gasteiger partial charge in [-0.3, -0.25) is 4.99 Å². The van der Waals surface area contributed by atoms with Crippen LogP contribution < -0.4 is 10.0 Å². The molecule has 31 heavy (non-hydrogen) atoms. The summed E-state index contributed by atoms with van der Waals surface area (Å²) in [4.78, 5) is 7.13. The molecule has 1 atom stereocenters. The molecule has 4 rings (SSSR count). The lowest BCUT2D eigenvalue weighted by Gasteiger charge is -2.26. The summed E-state index contributed by atoms with van der Waals surface area (Å²) in [5.74, 6) is 0.939. The van der Waals surface area contributed by atoms with Crippen molar-refractivity contribution >= 4 is 40.0 Å². The molecule has 1 aliphatic carbocycles. The number of ether oxygens (including phenoxy) is 1. The maximum absolute atomic E-state index is 12.5. The van der Waals surface area contributed by atoms with Gasteiger partial charge in [-0.15, -0.1) is 24.0 Å². The first-order valence-electron chi connectivity index (χ1n) is 11.2. The Bertz CT molecular complexity index is 848. The average Bonchev–Trinajstić information content (AvgIpc) is 3.51. The van der Waals surface area contributed by atoms with Gasteiger partial charge in [-0.1, -0.05) is 25.0 Å². The zero-order valence-electron chi connectivity index (χ0n) is 18.3. The highest BCUT2D eigenvalue weighted by atomic mass is 127. The van der Waals surface area contributed by atoms with Crippen molar-refractivity contribution in [2.24, 2.45) is 10.4 Å². The summed E-state index contributed by atoms with van der Waals surface area (Å²) in [6, 6.07) is 7.06. The lowest BCUT2D eigenvalue weighted by atomic mass is 9.86. The Labute approximate surface area is 203 Å². The molecule has 1 aromatic rings. The molecule has 2 saturated heterocycles. The number of benzene rings is 1. The van der Waals surface area contributed by atoms with E-state index in [1.54, 1.807) is 12.1 Å². The quantitative estimate of drug-likeness (QED) is 0.317. The van der Waals surface area contributed by atoms with E-state index in [1.165, 1.54) is 32.1 Å². The molecule has 9 heteroatoms. The molecular weight excluding hydrogens is 527 g/mol. The molecule has 2 aliphatic heterocycles. The standard InChI is InChI=1S/C22H34N4O3S.HI/c1-23-21(26-13-12-22(17-26)10-2-3-11-22)24-15-18-6-8-20(9-7-18)30(27,28)25-16-19-5-4-14-29-19;/h6-9,19,25H,2-5,10-17H2,1H3,(H,23,24);1H. The molecule has 1 saturated carbocycles. The smallest absolute Gasteiger partial charge is 0.240 e. The first-order valence-corrected chi connectivity index (χ1v) is 12.6. The Kier molecular flexibility index (Phi) is 8.62. The highest BCUT2D eigenvalue weighted by Gasteiger charge is 2.41. The Balaban J connectivity index is 0.00000272. The van der Waals surface area contributed by atoms with Gasteiger partial charge in [0.1, 0.15) is 0 Å². The second-order valence-electron chi connectivity index (χ2n) is 8.91. The monoisotopic (exact) mass is 562 g/mol. The van der Waals surface area contributed by atoms with Crippen molar-refractivity contribution in [2.75, 3.05) is 33.3 Å². The number of halogens is 1. The Morgan fingerprint density at radius 1 is 1.19 bits per heavy atom. The Morgan fingerprint density at radius 3 is 2.58 bits per heavy atom. The predicted molar refractivity (Wildman–Crippen MR) is 133 cm³/mol. The van der Waals surface area contributed by atoms with Crippen LogP contribution in [0.25, 0.3) is 0 Å². The highest BCUT2D eigenvalue weighted by Crippen LogP contribution is 2.45. The fourth-order valence-electron chi connectivity index (χ4n) is 5.04. The topological polar surface area (TPSA) is 83.0 Å². The first kappa shape index (κ1) is 24.7. The summed E-state index contributed by atoms with van der Waals surface area (Å²) in [6.07, 6.45) is 8.56. The molecular formula is C22H35IN4O3S. The van der Waals surface area contributed by atoms with Crippen LogP contribution in [0.5, 0.6) is 0 Å². The van der Waals surface area contributed by atoms with Crippen molar-refractivity contribution < 1.29 is 13.2 Å². The van der Waals surface area contributed by atoms with Gasteiger partial charge in [0.2, 0.25) is 10.0 Å². The maximum atomic E-state index is 12.5. The van der Waals surface area contributed by atoms with Crippen molar-refractivity contribution in [3.63, 3.8) is 0 Å². The SMILES string of the molecule is CN=C(NCc1ccc(S(=O)(=O)NCC2CCCO2)cc1)N1CCC2(CCCC2)C1.I. The second-order valence-corrected chi connectivity index (χ2v) is 10.7. The maximum Gasteiger partial charge on any atom is 0.240 e. The highest BCUT2D eigenvalue weighted by molar-refractivity contribution is 14.0. The summed E-state index contributed by atoms with van der Waals surface area (Å²) < 4.78 is 33.2. The van der Waals surface area contributed by atoms with Gasteiger partial charge in [0, 0.05) is 39.8 Å². The van der Waals surface area contributed by atoms with Crippen LogP contribution in [0.4, 0.5) is 0 Å². The van der Waals surface area contributed by atoms with Gasteiger partial charge in [-0.25, -0.2) is 13.1 Å². The summed E-state index contributed by atoms with van der Waals surface area (Å²) in [6.45, 7) is 3.84. The van der Waals surface area contributed by atoms with Crippen molar-refractivity contribution in [3.05, 3.63) is 29.8 Å². The lowest BCUT2D eigenvalue weighted by Crippen LogP contribution is -2.40. The summed E-state index contributed by atoms with van der Waals surface area (Å²) in [5.41, 5.74) is 1.54. The minimum atomic E-state index is -3.51. The second kappa shape index (κ2) is 10.8. The molecule has 0 aromatic heterocycles. The van der Waals surface area contributed by atoms with Crippen LogP contribution in [0.1, 0.15) is 50.5 Å².